The summed E-state index contributed by atoms with van der Waals surface area (Å²) >= 11 is 0. The Hall–Kier alpha value is -2.43. The van der Waals surface area contributed by atoms with Crippen LogP contribution in [-0.2, 0) is 0 Å². The van der Waals surface area contributed by atoms with E-state index in [1.165, 1.54) is 0 Å². The number of aldehydes is 1. The van der Waals surface area contributed by atoms with Crippen molar-refractivity contribution in [2.45, 2.75) is 0 Å². The number of benzene rings is 1. The van der Waals surface area contributed by atoms with Crippen molar-refractivity contribution >= 4 is 17.3 Å². The second kappa shape index (κ2) is 3.30. The number of nitrogens with one attached hydrogen (secondary N) is 1. The number of carbonyl (C=O) groups is 1. The van der Waals surface area contributed by atoms with E-state index in [1.807, 2.05) is 18.2 Å². The van der Waals surface area contributed by atoms with Crippen LogP contribution in [0.15, 0.2) is 34.7 Å². The molecule has 2 aromatic heterocycles. The Kier molecular flexibility index (Phi) is 1.83. The molecule has 5 heteroatoms. The molecular formula is C11H7N3O2. The van der Waals surface area contributed by atoms with Gasteiger partial charge in [-0.25, -0.2) is 0 Å². The molecule has 0 aliphatic heterocycles. The molecule has 0 unspecified atom stereocenters. The number of nitrogens with zero attached hydrogens (tertiary/aromatic N) is 2. The molecule has 1 N–H and O–H groups in total. The summed E-state index contributed by atoms with van der Waals surface area (Å²) in [5.74, 6) is 0.914. The Morgan fingerprint density at radius 1 is 1.19 bits per heavy atom. The number of aromatic amines is 1. The van der Waals surface area contributed by atoms with E-state index in [9.17, 15) is 4.79 Å². The summed E-state index contributed by atoms with van der Waals surface area (Å²) in [7, 11) is 0. The Labute approximate surface area is 90.1 Å². The maximum absolute atomic E-state index is 10.5. The third-order valence-corrected chi connectivity index (χ3v) is 2.36. The van der Waals surface area contributed by atoms with Crippen LogP contribution in [0.4, 0.5) is 0 Å². The third-order valence-electron chi connectivity index (χ3n) is 2.36. The second-order valence-electron chi connectivity index (χ2n) is 3.32. The zero-order valence-electron chi connectivity index (χ0n) is 8.18. The SMILES string of the molecule is O=Cc1ccc(-c2cccc3n[nH]nc23)o1. The van der Waals surface area contributed by atoms with Crippen LogP contribution in [0.5, 0.6) is 0 Å². The van der Waals surface area contributed by atoms with Crippen molar-refractivity contribution in [3.05, 3.63) is 36.1 Å². The molecule has 5 nitrogen and oxygen atoms in total. The fourth-order valence-electron chi connectivity index (χ4n) is 1.63. The molecule has 16 heavy (non-hydrogen) atoms. The summed E-state index contributed by atoms with van der Waals surface area (Å²) in [6.45, 7) is 0. The summed E-state index contributed by atoms with van der Waals surface area (Å²) in [4.78, 5) is 10.5. The third kappa shape index (κ3) is 1.22. The molecule has 0 aliphatic carbocycles. The summed E-state index contributed by atoms with van der Waals surface area (Å²) in [6.07, 6.45) is 0.673. The molecule has 3 rings (SSSR count). The van der Waals surface area contributed by atoms with E-state index in [4.69, 9.17) is 4.42 Å². The minimum absolute atomic E-state index is 0.301. The Bertz CT molecular complexity index is 654. The molecule has 0 spiro atoms. The number of hydrogen-bond acceptors (Lipinski definition) is 4. The molecule has 0 fully saturated rings. The van der Waals surface area contributed by atoms with Crippen molar-refractivity contribution in [1.82, 2.24) is 15.4 Å². The first-order chi connectivity index (χ1) is 7.88. The zero-order chi connectivity index (χ0) is 11.0. The van der Waals surface area contributed by atoms with Gasteiger partial charge in [-0.05, 0) is 24.3 Å². The number of para-hydroxylation sites is 1. The van der Waals surface area contributed by atoms with Gasteiger partial charge < -0.3 is 4.42 Å². The number of furan rings is 1. The van der Waals surface area contributed by atoms with Gasteiger partial charge in [-0.15, -0.1) is 0 Å². The highest BCUT2D eigenvalue weighted by Gasteiger charge is 2.10. The smallest absolute Gasteiger partial charge is 0.185 e. The van der Waals surface area contributed by atoms with Crippen LogP contribution in [-0.4, -0.2) is 21.7 Å². The molecule has 0 saturated heterocycles. The van der Waals surface area contributed by atoms with Crippen molar-refractivity contribution in [3.63, 3.8) is 0 Å². The predicted octanol–water partition coefficient (Wildman–Crippen LogP) is 2.03. The highest BCUT2D eigenvalue weighted by atomic mass is 16.3. The van der Waals surface area contributed by atoms with Gasteiger partial charge in [0, 0.05) is 5.56 Å². The first kappa shape index (κ1) is 8.84. The van der Waals surface area contributed by atoms with Crippen LogP contribution < -0.4 is 0 Å². The largest absolute Gasteiger partial charge is 0.453 e. The lowest BCUT2D eigenvalue weighted by Crippen LogP contribution is -1.77. The van der Waals surface area contributed by atoms with E-state index in [-0.39, 0.29) is 0 Å². The zero-order valence-corrected chi connectivity index (χ0v) is 8.18. The molecule has 0 amide bonds. The van der Waals surface area contributed by atoms with Crippen LogP contribution in [0.25, 0.3) is 22.4 Å². The monoisotopic (exact) mass is 213 g/mol. The van der Waals surface area contributed by atoms with E-state index in [0.29, 0.717) is 17.8 Å². The van der Waals surface area contributed by atoms with Gasteiger partial charge in [0.2, 0.25) is 0 Å². The maximum atomic E-state index is 10.5. The summed E-state index contributed by atoms with van der Waals surface area (Å²) in [5.41, 5.74) is 2.32. The highest BCUT2D eigenvalue weighted by molar-refractivity contribution is 5.90. The minimum Gasteiger partial charge on any atom is -0.453 e. The Morgan fingerprint density at radius 2 is 2.12 bits per heavy atom. The number of rotatable bonds is 2. The topological polar surface area (TPSA) is 71.8 Å². The lowest BCUT2D eigenvalue weighted by atomic mass is 10.1. The van der Waals surface area contributed by atoms with Gasteiger partial charge in [-0.3, -0.25) is 4.79 Å². The molecule has 1 aromatic carbocycles. The fraction of sp³-hybridized carbons (Fsp3) is 0. The summed E-state index contributed by atoms with van der Waals surface area (Å²) in [6, 6.07) is 8.96. The normalized spacial score (nSPS) is 10.8. The van der Waals surface area contributed by atoms with Crippen molar-refractivity contribution < 1.29 is 9.21 Å². The summed E-state index contributed by atoms with van der Waals surface area (Å²) < 4.78 is 5.35. The average molecular weight is 213 g/mol. The highest BCUT2D eigenvalue weighted by Crippen LogP contribution is 2.27. The van der Waals surface area contributed by atoms with Gasteiger partial charge >= 0.3 is 0 Å². The second-order valence-corrected chi connectivity index (χ2v) is 3.32. The number of fused-ring (bicyclic) bond motifs is 1. The van der Waals surface area contributed by atoms with E-state index >= 15 is 0 Å². The molecule has 0 radical (unpaired) electrons. The van der Waals surface area contributed by atoms with Crippen molar-refractivity contribution in [1.29, 1.82) is 0 Å². The standard InChI is InChI=1S/C11H7N3O2/c15-6-7-4-5-10(16-7)8-2-1-3-9-11(8)13-14-12-9/h1-6H,(H,12,13,14). The van der Waals surface area contributed by atoms with Crippen LogP contribution in [0.1, 0.15) is 10.6 Å². The first-order valence-corrected chi connectivity index (χ1v) is 4.73. The molecule has 0 saturated carbocycles. The number of carbonyl (C=O) groups excluding carboxylic acids is 1. The van der Waals surface area contributed by atoms with Gasteiger partial charge in [0.15, 0.2) is 12.0 Å². The predicted molar refractivity (Wildman–Crippen MR) is 57.0 cm³/mol. The van der Waals surface area contributed by atoms with Crippen LogP contribution in [0, 0.1) is 0 Å². The molecule has 0 atom stereocenters. The lowest BCUT2D eigenvalue weighted by Gasteiger charge is -1.96. The van der Waals surface area contributed by atoms with Crippen molar-refractivity contribution in [2.75, 3.05) is 0 Å². The summed E-state index contributed by atoms with van der Waals surface area (Å²) in [5, 5.41) is 10.6. The van der Waals surface area contributed by atoms with Crippen LogP contribution in [0.2, 0.25) is 0 Å². The number of hydrogen-bond donors (Lipinski definition) is 1. The van der Waals surface area contributed by atoms with Gasteiger partial charge in [-0.2, -0.15) is 15.4 Å². The molecule has 0 bridgehead atoms. The number of aromatic nitrogens is 3. The van der Waals surface area contributed by atoms with Gasteiger partial charge in [0.25, 0.3) is 0 Å². The van der Waals surface area contributed by atoms with Crippen LogP contribution in [0.3, 0.4) is 0 Å². The van der Waals surface area contributed by atoms with Gasteiger partial charge in [0.05, 0.1) is 0 Å². The number of H-pyrrole nitrogens is 1. The van der Waals surface area contributed by atoms with E-state index in [0.717, 1.165) is 16.6 Å². The van der Waals surface area contributed by atoms with Gasteiger partial charge in [-0.1, -0.05) is 6.07 Å². The molecule has 2 heterocycles. The van der Waals surface area contributed by atoms with Crippen molar-refractivity contribution in [3.8, 4) is 11.3 Å². The first-order valence-electron chi connectivity index (χ1n) is 4.73. The van der Waals surface area contributed by atoms with Gasteiger partial charge in [0.1, 0.15) is 16.8 Å². The Balaban J connectivity index is 2.24. The quantitative estimate of drug-likeness (QED) is 0.661. The lowest BCUT2D eigenvalue weighted by molar-refractivity contribution is 0.110. The van der Waals surface area contributed by atoms with E-state index < -0.39 is 0 Å². The molecule has 78 valence electrons. The fourth-order valence-corrected chi connectivity index (χ4v) is 1.63. The molecule has 0 aliphatic rings. The van der Waals surface area contributed by atoms with E-state index in [2.05, 4.69) is 15.4 Å². The Morgan fingerprint density at radius 3 is 2.94 bits per heavy atom. The molecular weight excluding hydrogens is 206 g/mol. The van der Waals surface area contributed by atoms with Crippen LogP contribution >= 0.6 is 0 Å². The van der Waals surface area contributed by atoms with E-state index in [1.54, 1.807) is 12.1 Å². The average Bonchev–Trinajstić information content (AvgIpc) is 2.97. The maximum Gasteiger partial charge on any atom is 0.185 e. The van der Waals surface area contributed by atoms with Crippen molar-refractivity contribution in [2.24, 2.45) is 0 Å². The minimum atomic E-state index is 0.301. The molecule has 3 aromatic rings.